The predicted octanol–water partition coefficient (Wildman–Crippen LogP) is 3.20. The van der Waals surface area contributed by atoms with Crippen molar-refractivity contribution in [3.05, 3.63) is 29.3 Å². The van der Waals surface area contributed by atoms with Gasteiger partial charge in [-0.25, -0.2) is 0 Å². The maximum Gasteiger partial charge on any atom is 0.0316 e. The second-order valence-corrected chi connectivity index (χ2v) is 3.53. The van der Waals surface area contributed by atoms with Gasteiger partial charge in [0.1, 0.15) is 0 Å². The lowest BCUT2D eigenvalue weighted by molar-refractivity contribution is 0.862. The van der Waals surface area contributed by atoms with E-state index < -0.39 is 0 Å². The molecule has 0 aliphatic carbocycles. The summed E-state index contributed by atoms with van der Waals surface area (Å²) in [5.74, 6) is 0. The Morgan fingerprint density at radius 3 is 2.07 bits per heavy atom. The van der Waals surface area contributed by atoms with Gasteiger partial charge in [0.2, 0.25) is 0 Å². The van der Waals surface area contributed by atoms with Crippen LogP contribution in [0.5, 0.6) is 0 Å². The van der Waals surface area contributed by atoms with E-state index in [2.05, 4.69) is 26.0 Å². The van der Waals surface area contributed by atoms with Gasteiger partial charge in [-0.1, -0.05) is 32.8 Å². The molecule has 15 heavy (non-hydrogen) atoms. The van der Waals surface area contributed by atoms with E-state index in [1.54, 1.807) is 0 Å². The van der Waals surface area contributed by atoms with E-state index in [0.29, 0.717) is 0 Å². The van der Waals surface area contributed by atoms with Crippen molar-refractivity contribution in [2.24, 2.45) is 0 Å². The van der Waals surface area contributed by atoms with Crippen LogP contribution in [0.1, 0.15) is 37.8 Å². The fourth-order valence-corrected chi connectivity index (χ4v) is 1.66. The smallest absolute Gasteiger partial charge is 0.0316 e. The number of aryl methyl sites for hydroxylation is 2. The number of benzene rings is 1. The molecule has 3 heteroatoms. The summed E-state index contributed by atoms with van der Waals surface area (Å²) in [6.07, 6.45) is 4.73. The van der Waals surface area contributed by atoms with Crippen molar-refractivity contribution in [3.63, 3.8) is 0 Å². The maximum absolute atomic E-state index is 6.00. The first-order chi connectivity index (χ1) is 7.27. The van der Waals surface area contributed by atoms with Crippen molar-refractivity contribution in [2.75, 3.05) is 5.73 Å². The van der Waals surface area contributed by atoms with Crippen LogP contribution in [0.4, 0.5) is 5.69 Å². The molecule has 0 spiro atoms. The molecule has 0 amide bonds. The van der Waals surface area contributed by atoms with Crippen LogP contribution >= 0.6 is 0 Å². The molecule has 0 radical (unpaired) electrons. The third kappa shape index (κ3) is 4.46. The lowest BCUT2D eigenvalue weighted by atomic mass is 9.99. The van der Waals surface area contributed by atoms with E-state index in [1.165, 1.54) is 30.4 Å². The molecule has 1 aromatic rings. The Balaban J connectivity index is 0.000000921. The van der Waals surface area contributed by atoms with Gasteiger partial charge in [0.25, 0.3) is 0 Å². The molecule has 0 fully saturated rings. The normalized spacial score (nSPS) is 9.07. The molecule has 0 atom stereocenters. The third-order valence-corrected chi connectivity index (χ3v) is 2.27. The van der Waals surface area contributed by atoms with Crippen molar-refractivity contribution in [3.8, 4) is 0 Å². The number of anilines is 1. The van der Waals surface area contributed by atoms with E-state index in [4.69, 9.17) is 16.5 Å². The van der Waals surface area contributed by atoms with Crippen molar-refractivity contribution in [2.45, 2.75) is 39.5 Å². The van der Waals surface area contributed by atoms with Crippen LogP contribution in [0, 0.1) is 10.8 Å². The highest BCUT2D eigenvalue weighted by Crippen LogP contribution is 2.16. The summed E-state index contributed by atoms with van der Waals surface area (Å²) in [4.78, 5) is 0. The number of hydrogen-bond acceptors (Lipinski definition) is 3. The number of nitrogens with zero attached hydrogens (tertiary/aromatic N) is 2. The minimum atomic E-state index is 0.892. The molecular formula is C12H19N3. The van der Waals surface area contributed by atoms with Crippen LogP contribution in [0.3, 0.4) is 0 Å². The first kappa shape index (κ1) is 13.4. The highest BCUT2D eigenvalue weighted by molar-refractivity contribution is 5.44. The van der Waals surface area contributed by atoms with Gasteiger partial charge in [-0.3, -0.25) is 0 Å². The standard InChI is InChI=1S/C12H19N.N2/c1-3-5-10-7-8-12(13)9-11(10)6-4-2;1-2/h7-9H,3-6,13H2,1-2H3;. The Bertz CT molecular complexity index is 305. The SMILES string of the molecule is CCCc1ccc(N)cc1CCC.N#N. The van der Waals surface area contributed by atoms with Crippen LogP contribution in [-0.2, 0) is 12.8 Å². The monoisotopic (exact) mass is 205 g/mol. The summed E-state index contributed by atoms with van der Waals surface area (Å²) >= 11 is 0. The summed E-state index contributed by atoms with van der Waals surface area (Å²) in [6.45, 7) is 4.42. The third-order valence-electron chi connectivity index (χ3n) is 2.27. The van der Waals surface area contributed by atoms with E-state index in [9.17, 15) is 0 Å². The van der Waals surface area contributed by atoms with Gasteiger partial charge < -0.3 is 5.73 Å². The molecule has 1 rings (SSSR count). The van der Waals surface area contributed by atoms with E-state index in [0.717, 1.165) is 12.1 Å². The Hall–Kier alpha value is -1.56. The number of nitrogens with two attached hydrogens (primary N) is 1. The van der Waals surface area contributed by atoms with Gasteiger partial charge in [-0.2, -0.15) is 0 Å². The summed E-state index contributed by atoms with van der Waals surface area (Å²) in [7, 11) is 0. The minimum Gasteiger partial charge on any atom is -0.399 e. The van der Waals surface area contributed by atoms with Crippen LogP contribution in [0.25, 0.3) is 0 Å². The predicted molar refractivity (Wildman–Crippen MR) is 62.3 cm³/mol. The Kier molecular flexibility index (Phi) is 7.00. The minimum absolute atomic E-state index is 0.892. The molecule has 0 unspecified atom stereocenters. The molecule has 0 saturated carbocycles. The number of rotatable bonds is 4. The molecule has 82 valence electrons. The van der Waals surface area contributed by atoms with E-state index >= 15 is 0 Å². The largest absolute Gasteiger partial charge is 0.399 e. The Labute approximate surface area is 91.7 Å². The fourth-order valence-electron chi connectivity index (χ4n) is 1.66. The molecular weight excluding hydrogens is 186 g/mol. The van der Waals surface area contributed by atoms with Crippen LogP contribution in [-0.4, -0.2) is 0 Å². The maximum atomic E-state index is 6.00. The Morgan fingerprint density at radius 1 is 1.00 bits per heavy atom. The van der Waals surface area contributed by atoms with Gasteiger partial charge >= 0.3 is 0 Å². The molecule has 0 bridgehead atoms. The molecule has 1 aromatic carbocycles. The van der Waals surface area contributed by atoms with Gasteiger partial charge in [0, 0.05) is 16.5 Å². The van der Waals surface area contributed by atoms with Gasteiger partial charge in [-0.05, 0) is 36.1 Å². The van der Waals surface area contributed by atoms with Gasteiger partial charge in [0.05, 0.1) is 0 Å². The highest BCUT2D eigenvalue weighted by atomic mass is 14.6. The van der Waals surface area contributed by atoms with Crippen LogP contribution in [0.2, 0.25) is 0 Å². The second kappa shape index (κ2) is 7.81. The van der Waals surface area contributed by atoms with Crippen LogP contribution < -0.4 is 5.73 Å². The molecule has 0 aromatic heterocycles. The molecule has 3 nitrogen and oxygen atoms in total. The zero-order valence-electron chi connectivity index (χ0n) is 9.53. The van der Waals surface area contributed by atoms with E-state index in [1.807, 2.05) is 6.07 Å². The van der Waals surface area contributed by atoms with Gasteiger partial charge in [0.15, 0.2) is 0 Å². The first-order valence-corrected chi connectivity index (χ1v) is 5.35. The highest BCUT2D eigenvalue weighted by Gasteiger charge is 2.00. The van der Waals surface area contributed by atoms with Crippen LogP contribution in [0.15, 0.2) is 18.2 Å². The quantitative estimate of drug-likeness (QED) is 0.606. The molecule has 2 N–H and O–H groups in total. The van der Waals surface area contributed by atoms with Crippen molar-refractivity contribution in [1.29, 1.82) is 10.8 Å². The molecule has 0 heterocycles. The van der Waals surface area contributed by atoms with Gasteiger partial charge in [-0.15, -0.1) is 0 Å². The summed E-state index contributed by atoms with van der Waals surface area (Å²) in [6, 6.07) is 6.29. The molecule has 0 aliphatic rings. The zero-order chi connectivity index (χ0) is 11.7. The number of hydrogen-bond donors (Lipinski definition) is 1. The summed E-state index contributed by atoms with van der Waals surface area (Å²) < 4.78 is 0. The fraction of sp³-hybridized carbons (Fsp3) is 0.500. The van der Waals surface area contributed by atoms with Crippen molar-refractivity contribution in [1.82, 2.24) is 0 Å². The lowest BCUT2D eigenvalue weighted by Crippen LogP contribution is -1.96. The van der Waals surface area contributed by atoms with Crippen molar-refractivity contribution < 1.29 is 0 Å². The molecule has 0 aliphatic heterocycles. The summed E-state index contributed by atoms with van der Waals surface area (Å²) in [5, 5.41) is 12.0. The molecule has 0 saturated heterocycles. The second-order valence-electron chi connectivity index (χ2n) is 3.53. The lowest BCUT2D eigenvalue weighted by Gasteiger charge is -2.08. The summed E-state index contributed by atoms with van der Waals surface area (Å²) in [5.41, 5.74) is 9.55. The Morgan fingerprint density at radius 2 is 1.53 bits per heavy atom. The average Bonchev–Trinajstić information content (AvgIpc) is 2.26. The van der Waals surface area contributed by atoms with E-state index in [-0.39, 0.29) is 0 Å². The zero-order valence-corrected chi connectivity index (χ0v) is 9.53. The van der Waals surface area contributed by atoms with Crippen molar-refractivity contribution >= 4 is 5.69 Å². The number of nitrogen functional groups attached to an aromatic ring is 1. The first-order valence-electron chi connectivity index (χ1n) is 5.35. The topological polar surface area (TPSA) is 73.6 Å². The average molecular weight is 205 g/mol.